The monoisotopic (exact) mass is 752 g/mol. The summed E-state index contributed by atoms with van der Waals surface area (Å²) in [5, 5.41) is 17.5. The molecular formula is C56H32OS. The molecule has 13 rings (SSSR count). The molecule has 2 heteroatoms. The second-order valence-electron chi connectivity index (χ2n) is 15.6. The van der Waals surface area contributed by atoms with Crippen LogP contribution in [0.2, 0.25) is 0 Å². The predicted molar refractivity (Wildman–Crippen MR) is 250 cm³/mol. The van der Waals surface area contributed by atoms with Crippen molar-refractivity contribution in [3.8, 4) is 33.4 Å². The second-order valence-corrected chi connectivity index (χ2v) is 16.7. The smallest absolute Gasteiger partial charge is 0.136 e. The van der Waals surface area contributed by atoms with E-state index in [4.69, 9.17) is 4.42 Å². The molecule has 2 aromatic heterocycles. The van der Waals surface area contributed by atoms with Crippen molar-refractivity contribution in [2.75, 3.05) is 0 Å². The molecule has 0 fully saturated rings. The molecule has 0 atom stereocenters. The van der Waals surface area contributed by atoms with Crippen LogP contribution < -0.4 is 0 Å². The predicted octanol–water partition coefficient (Wildman–Crippen LogP) is 16.7. The minimum Gasteiger partial charge on any atom is -0.456 e. The Bertz CT molecular complexity index is 3810. The molecule has 0 spiro atoms. The van der Waals surface area contributed by atoms with Gasteiger partial charge in [-0.1, -0.05) is 146 Å². The maximum absolute atomic E-state index is 6.32. The molecule has 0 aliphatic carbocycles. The number of benzene rings is 11. The van der Waals surface area contributed by atoms with Crippen LogP contribution >= 0.6 is 11.3 Å². The molecule has 0 saturated carbocycles. The zero-order valence-electron chi connectivity index (χ0n) is 31.3. The number of hydrogen-bond donors (Lipinski definition) is 0. The lowest BCUT2D eigenvalue weighted by atomic mass is 9.85. The van der Waals surface area contributed by atoms with Crippen molar-refractivity contribution in [1.82, 2.24) is 0 Å². The third-order valence-corrected chi connectivity index (χ3v) is 13.5. The molecule has 58 heavy (non-hydrogen) atoms. The van der Waals surface area contributed by atoms with Crippen molar-refractivity contribution >= 4 is 107 Å². The first kappa shape index (κ1) is 31.9. The minimum atomic E-state index is 0.934. The van der Waals surface area contributed by atoms with Crippen molar-refractivity contribution in [2.24, 2.45) is 0 Å². The highest BCUT2D eigenvalue weighted by Gasteiger charge is 2.18. The minimum absolute atomic E-state index is 0.934. The van der Waals surface area contributed by atoms with Crippen LogP contribution in [0.3, 0.4) is 0 Å². The molecule has 268 valence electrons. The van der Waals surface area contributed by atoms with Crippen molar-refractivity contribution < 1.29 is 4.42 Å². The maximum atomic E-state index is 6.32. The Labute approximate surface area is 337 Å². The summed E-state index contributed by atoms with van der Waals surface area (Å²) in [6.07, 6.45) is 0. The fraction of sp³-hybridized carbons (Fsp3) is 0. The van der Waals surface area contributed by atoms with Crippen LogP contribution in [-0.2, 0) is 0 Å². The van der Waals surface area contributed by atoms with E-state index in [0.717, 1.165) is 11.2 Å². The van der Waals surface area contributed by atoms with E-state index < -0.39 is 0 Å². The van der Waals surface area contributed by atoms with Gasteiger partial charge in [0.15, 0.2) is 0 Å². The van der Waals surface area contributed by atoms with Crippen LogP contribution in [-0.4, -0.2) is 0 Å². The van der Waals surface area contributed by atoms with Crippen molar-refractivity contribution in [1.29, 1.82) is 0 Å². The molecule has 11 aromatic carbocycles. The number of furan rings is 1. The van der Waals surface area contributed by atoms with Gasteiger partial charge >= 0.3 is 0 Å². The summed E-state index contributed by atoms with van der Waals surface area (Å²) >= 11 is 1.87. The van der Waals surface area contributed by atoms with Gasteiger partial charge in [-0.25, -0.2) is 0 Å². The molecule has 0 aliphatic heterocycles. The van der Waals surface area contributed by atoms with E-state index >= 15 is 0 Å². The van der Waals surface area contributed by atoms with Crippen LogP contribution in [0.5, 0.6) is 0 Å². The molecule has 0 saturated heterocycles. The van der Waals surface area contributed by atoms with E-state index in [1.165, 1.54) is 118 Å². The molecule has 0 bridgehead atoms. The highest BCUT2D eigenvalue weighted by Crippen LogP contribution is 2.46. The molecule has 0 N–H and O–H groups in total. The molecule has 2 heterocycles. The number of thiophene rings is 1. The Morgan fingerprint density at radius 1 is 0.276 bits per heavy atom. The first-order valence-corrected chi connectivity index (χ1v) is 20.7. The number of hydrogen-bond acceptors (Lipinski definition) is 2. The second kappa shape index (κ2) is 12.1. The highest BCUT2D eigenvalue weighted by molar-refractivity contribution is 7.26. The largest absolute Gasteiger partial charge is 0.456 e. The molecule has 1 nitrogen and oxygen atoms in total. The van der Waals surface area contributed by atoms with Gasteiger partial charge in [0.1, 0.15) is 11.2 Å². The van der Waals surface area contributed by atoms with Gasteiger partial charge in [-0.15, -0.1) is 11.3 Å². The van der Waals surface area contributed by atoms with Crippen molar-refractivity contribution in [2.45, 2.75) is 0 Å². The van der Waals surface area contributed by atoms with Gasteiger partial charge in [-0.3, -0.25) is 0 Å². The van der Waals surface area contributed by atoms with Crippen LogP contribution in [0.1, 0.15) is 0 Å². The van der Waals surface area contributed by atoms with E-state index in [2.05, 4.69) is 188 Å². The van der Waals surface area contributed by atoms with Crippen LogP contribution in [0.15, 0.2) is 199 Å². The fourth-order valence-corrected chi connectivity index (χ4v) is 10.8. The summed E-state index contributed by atoms with van der Waals surface area (Å²) in [7, 11) is 0. The topological polar surface area (TPSA) is 13.1 Å². The number of fused-ring (bicyclic) bond motifs is 12. The summed E-state index contributed by atoms with van der Waals surface area (Å²) in [5.41, 5.74) is 9.38. The Morgan fingerprint density at radius 3 is 1.50 bits per heavy atom. The molecule has 13 aromatic rings. The first-order chi connectivity index (χ1) is 28.7. The van der Waals surface area contributed by atoms with Crippen LogP contribution in [0.25, 0.3) is 129 Å². The highest BCUT2D eigenvalue weighted by atomic mass is 32.1. The lowest BCUT2D eigenvalue weighted by Gasteiger charge is -2.18. The van der Waals surface area contributed by atoms with Gasteiger partial charge in [-0.2, -0.15) is 0 Å². The number of rotatable bonds is 3. The first-order valence-electron chi connectivity index (χ1n) is 19.9. The van der Waals surface area contributed by atoms with Gasteiger partial charge in [0, 0.05) is 30.9 Å². The third-order valence-electron chi connectivity index (χ3n) is 12.4. The van der Waals surface area contributed by atoms with Crippen molar-refractivity contribution in [3.63, 3.8) is 0 Å². The van der Waals surface area contributed by atoms with Gasteiger partial charge in [-0.05, 0) is 136 Å². The average Bonchev–Trinajstić information content (AvgIpc) is 3.84. The van der Waals surface area contributed by atoms with Gasteiger partial charge in [0.2, 0.25) is 0 Å². The van der Waals surface area contributed by atoms with Crippen LogP contribution in [0.4, 0.5) is 0 Å². The van der Waals surface area contributed by atoms with Gasteiger partial charge < -0.3 is 4.42 Å². The molecule has 0 unspecified atom stereocenters. The Balaban J connectivity index is 0.919. The quantitative estimate of drug-likeness (QED) is 0.164. The number of para-hydroxylation sites is 1. The van der Waals surface area contributed by atoms with Gasteiger partial charge in [0.25, 0.3) is 0 Å². The van der Waals surface area contributed by atoms with Crippen LogP contribution in [0, 0.1) is 0 Å². The Hall–Kier alpha value is -7.26. The Morgan fingerprint density at radius 2 is 0.793 bits per heavy atom. The molecule has 0 amide bonds. The summed E-state index contributed by atoms with van der Waals surface area (Å²) in [6, 6.07) is 71.7. The van der Waals surface area contributed by atoms with E-state index in [1.54, 1.807) is 0 Å². The fourth-order valence-electron chi connectivity index (χ4n) is 9.67. The van der Waals surface area contributed by atoms with E-state index in [-0.39, 0.29) is 0 Å². The van der Waals surface area contributed by atoms with Crippen molar-refractivity contribution in [3.05, 3.63) is 194 Å². The lowest BCUT2D eigenvalue weighted by molar-refractivity contribution is 0.669. The lowest BCUT2D eigenvalue weighted by Crippen LogP contribution is -1.91. The van der Waals surface area contributed by atoms with E-state index in [9.17, 15) is 0 Å². The maximum Gasteiger partial charge on any atom is 0.136 e. The Kier molecular flexibility index (Phi) is 6.66. The summed E-state index contributed by atoms with van der Waals surface area (Å²) in [4.78, 5) is 0. The van der Waals surface area contributed by atoms with E-state index in [0.29, 0.717) is 0 Å². The summed E-state index contributed by atoms with van der Waals surface area (Å²) in [6.45, 7) is 0. The summed E-state index contributed by atoms with van der Waals surface area (Å²) < 4.78 is 8.91. The SMILES string of the molecule is c1ccc2cc(-c3c4ccccc4c(-c4ccc5cc(-c6ccc7c(c6)sc6ccc8cc9c(cc8c67)oc6ccccc69)ccc5c4)c4ccccc34)ccc2c1. The average molecular weight is 753 g/mol. The zero-order chi connectivity index (χ0) is 37.9. The van der Waals surface area contributed by atoms with E-state index in [1.807, 2.05) is 17.4 Å². The summed E-state index contributed by atoms with van der Waals surface area (Å²) in [5.74, 6) is 0. The van der Waals surface area contributed by atoms with Gasteiger partial charge in [0.05, 0.1) is 0 Å². The standard InChI is InChI=1S/C56H32OS/c1-2-10-34-28-40(21-17-33(34)9-1)54-43-12-3-5-14-45(43)55(46-15-6-4-13-44(46)54)41-22-20-35-27-36(18-19-37(35)29-41)38-23-25-47-53(31-38)58-52-26-24-39-30-49-42-11-7-8-16-50(42)57-51(49)32-48(39)56(47)52/h1-32H. The molecule has 0 radical (unpaired) electrons. The normalized spacial score (nSPS) is 12.1. The molecule has 0 aliphatic rings. The third kappa shape index (κ3) is 4.70. The molecular weight excluding hydrogens is 721 g/mol. The zero-order valence-corrected chi connectivity index (χ0v) is 32.1.